The molecule has 0 saturated heterocycles. The van der Waals surface area contributed by atoms with Crippen LogP contribution in [0.4, 0.5) is 0 Å². The van der Waals surface area contributed by atoms with Crippen molar-refractivity contribution in [3.63, 3.8) is 0 Å². The molecule has 3 aromatic carbocycles. The molecule has 0 aliphatic heterocycles. The average Bonchev–Trinajstić information content (AvgIpc) is 4.19. The van der Waals surface area contributed by atoms with Crippen molar-refractivity contribution in [1.29, 1.82) is 0 Å². The molecule has 0 spiro atoms. The molecule has 0 saturated carbocycles. The zero-order valence-electron chi connectivity index (χ0n) is 39.4. The smallest absolute Gasteiger partial charge is 0.280 e. The lowest BCUT2D eigenvalue weighted by atomic mass is 10.1. The number of aromatic nitrogens is 15. The maximum absolute atomic E-state index is 12.5. The first-order valence-corrected chi connectivity index (χ1v) is 22.8. The highest BCUT2D eigenvalue weighted by atomic mass is 16.1. The number of rotatable bonds is 9. The highest BCUT2D eigenvalue weighted by Gasteiger charge is 2.10. The number of fused-ring (bicyclic) bond motifs is 3. The lowest BCUT2D eigenvalue weighted by molar-refractivity contribution is 0.746. The van der Waals surface area contributed by atoms with Gasteiger partial charge in [0.05, 0.1) is 78.9 Å². The SMILES string of the molecule is Cn1cc(-c2ccc(Cn3cnc4cccnc4c3=O)cc2)cn1.Cn1cc(-c2ccc(Cn3cnc4cnccc4c3=O)cc2)cn1.Cn1cc(-c2ccc(Cn3cnc4ncccc4c3=O)cc2)cn1. The molecule has 0 atom stereocenters. The molecule has 18 nitrogen and oxygen atoms in total. The molecule has 0 aliphatic rings. The van der Waals surface area contributed by atoms with Crippen molar-refractivity contribution in [1.82, 2.24) is 72.9 Å². The van der Waals surface area contributed by atoms with Crippen molar-refractivity contribution >= 4 is 33.0 Å². The van der Waals surface area contributed by atoms with Gasteiger partial charge in [-0.2, -0.15) is 15.3 Å². The van der Waals surface area contributed by atoms with Crippen LogP contribution in [-0.2, 0) is 40.8 Å². The highest BCUT2D eigenvalue weighted by molar-refractivity contribution is 5.76. The average molecular weight is 952 g/mol. The predicted molar refractivity (Wildman–Crippen MR) is 275 cm³/mol. The Balaban J connectivity index is 0.000000124. The maximum Gasteiger partial charge on any atom is 0.280 e. The van der Waals surface area contributed by atoms with Gasteiger partial charge in [-0.3, -0.25) is 47.1 Å². The van der Waals surface area contributed by atoms with Crippen LogP contribution in [0.25, 0.3) is 66.4 Å². The van der Waals surface area contributed by atoms with Crippen molar-refractivity contribution in [2.45, 2.75) is 19.6 Å². The first-order valence-electron chi connectivity index (χ1n) is 22.8. The Labute approximate surface area is 410 Å². The van der Waals surface area contributed by atoms with E-state index in [0.29, 0.717) is 52.6 Å². The van der Waals surface area contributed by atoms with Crippen LogP contribution in [0.15, 0.2) is 198 Å². The van der Waals surface area contributed by atoms with E-state index in [1.807, 2.05) is 131 Å². The Morgan fingerprint density at radius 1 is 0.389 bits per heavy atom. The number of pyridine rings is 3. The van der Waals surface area contributed by atoms with Crippen molar-refractivity contribution in [3.8, 4) is 33.4 Å². The van der Waals surface area contributed by atoms with E-state index < -0.39 is 0 Å². The Hall–Kier alpha value is -9.84. The maximum atomic E-state index is 12.5. The zero-order valence-corrected chi connectivity index (χ0v) is 39.4. The monoisotopic (exact) mass is 951 g/mol. The van der Waals surface area contributed by atoms with Gasteiger partial charge in [-0.15, -0.1) is 0 Å². The van der Waals surface area contributed by atoms with Gasteiger partial charge >= 0.3 is 0 Å². The molecule has 0 aliphatic carbocycles. The van der Waals surface area contributed by atoms with Gasteiger partial charge in [0, 0.05) is 75.0 Å². The van der Waals surface area contributed by atoms with E-state index in [0.717, 1.165) is 50.1 Å². The molecular formula is C54H45N15O3. The fourth-order valence-electron chi connectivity index (χ4n) is 8.04. The molecule has 354 valence electrons. The molecule has 12 rings (SSSR count). The van der Waals surface area contributed by atoms with Crippen LogP contribution < -0.4 is 16.7 Å². The minimum Gasteiger partial charge on any atom is -0.294 e. The molecule has 0 N–H and O–H groups in total. The number of hydrogen-bond acceptors (Lipinski definition) is 12. The van der Waals surface area contributed by atoms with Gasteiger partial charge in [-0.05, 0) is 63.7 Å². The lowest BCUT2D eigenvalue weighted by Gasteiger charge is -2.07. The van der Waals surface area contributed by atoms with Crippen molar-refractivity contribution in [2.75, 3.05) is 0 Å². The van der Waals surface area contributed by atoms with E-state index in [9.17, 15) is 14.4 Å². The van der Waals surface area contributed by atoms with Crippen molar-refractivity contribution in [3.05, 3.63) is 232 Å². The Kier molecular flexibility index (Phi) is 13.0. The highest BCUT2D eigenvalue weighted by Crippen LogP contribution is 2.22. The second-order valence-electron chi connectivity index (χ2n) is 17.0. The van der Waals surface area contributed by atoms with Gasteiger partial charge in [0.1, 0.15) is 6.33 Å². The van der Waals surface area contributed by atoms with Crippen molar-refractivity contribution in [2.24, 2.45) is 21.1 Å². The summed E-state index contributed by atoms with van der Waals surface area (Å²) in [5, 5.41) is 13.7. The quantitative estimate of drug-likeness (QED) is 0.148. The zero-order chi connectivity index (χ0) is 49.6. The van der Waals surface area contributed by atoms with E-state index in [2.05, 4.69) is 45.2 Å². The van der Waals surface area contributed by atoms with E-state index in [1.54, 1.807) is 102 Å². The first kappa shape index (κ1) is 45.9. The largest absolute Gasteiger partial charge is 0.294 e. The van der Waals surface area contributed by atoms with Crippen LogP contribution in [0.1, 0.15) is 16.7 Å². The minimum absolute atomic E-state index is 0.0567. The second-order valence-corrected chi connectivity index (χ2v) is 17.0. The van der Waals surface area contributed by atoms with Crippen LogP contribution in [0.2, 0.25) is 0 Å². The summed E-state index contributed by atoms with van der Waals surface area (Å²) in [6.07, 6.45) is 22.6. The molecule has 0 unspecified atom stereocenters. The number of aryl methyl sites for hydroxylation is 3. The Morgan fingerprint density at radius 3 is 1.33 bits per heavy atom. The predicted octanol–water partition coefficient (Wildman–Crippen LogP) is 6.72. The minimum atomic E-state index is -0.128. The molecular weight excluding hydrogens is 907 g/mol. The summed E-state index contributed by atoms with van der Waals surface area (Å²) in [6, 6.07) is 33.1. The summed E-state index contributed by atoms with van der Waals surface area (Å²) < 4.78 is 10.1. The fourth-order valence-corrected chi connectivity index (χ4v) is 8.04. The van der Waals surface area contributed by atoms with Gasteiger partial charge < -0.3 is 0 Å². The molecule has 9 aromatic heterocycles. The van der Waals surface area contributed by atoms with Gasteiger partial charge in [-0.25, -0.2) is 24.9 Å². The third kappa shape index (κ3) is 10.3. The van der Waals surface area contributed by atoms with Crippen LogP contribution in [0.5, 0.6) is 0 Å². The van der Waals surface area contributed by atoms with Gasteiger partial charge in [0.15, 0.2) is 11.2 Å². The summed E-state index contributed by atoms with van der Waals surface area (Å²) in [5.41, 5.74) is 11.4. The third-order valence-corrected chi connectivity index (χ3v) is 11.8. The molecule has 0 fully saturated rings. The van der Waals surface area contributed by atoms with Crippen molar-refractivity contribution < 1.29 is 0 Å². The van der Waals surface area contributed by atoms with E-state index in [4.69, 9.17) is 0 Å². The summed E-state index contributed by atoms with van der Waals surface area (Å²) in [5.74, 6) is 0. The molecule has 18 heteroatoms. The lowest BCUT2D eigenvalue weighted by Crippen LogP contribution is -2.21. The van der Waals surface area contributed by atoms with Crippen LogP contribution in [-0.4, -0.2) is 72.9 Å². The summed E-state index contributed by atoms with van der Waals surface area (Å²) in [4.78, 5) is 62.5. The number of nitrogens with zero attached hydrogens (tertiary/aromatic N) is 15. The molecule has 0 amide bonds. The molecule has 0 radical (unpaired) electrons. The summed E-state index contributed by atoms with van der Waals surface area (Å²) in [7, 11) is 5.68. The summed E-state index contributed by atoms with van der Waals surface area (Å²) in [6.45, 7) is 1.42. The normalized spacial score (nSPS) is 11.0. The summed E-state index contributed by atoms with van der Waals surface area (Å²) >= 11 is 0. The van der Waals surface area contributed by atoms with Crippen LogP contribution in [0, 0.1) is 0 Å². The molecule has 9 heterocycles. The molecule has 0 bridgehead atoms. The Morgan fingerprint density at radius 2 is 0.833 bits per heavy atom. The van der Waals surface area contributed by atoms with Gasteiger partial charge in [0.25, 0.3) is 16.7 Å². The van der Waals surface area contributed by atoms with E-state index in [1.165, 1.54) is 0 Å². The number of hydrogen-bond donors (Lipinski definition) is 0. The van der Waals surface area contributed by atoms with Gasteiger partial charge in [-0.1, -0.05) is 72.8 Å². The van der Waals surface area contributed by atoms with E-state index >= 15 is 0 Å². The second kappa shape index (κ2) is 20.4. The van der Waals surface area contributed by atoms with Gasteiger partial charge in [0.2, 0.25) is 0 Å². The molecule has 72 heavy (non-hydrogen) atoms. The molecule has 12 aromatic rings. The van der Waals surface area contributed by atoms with E-state index in [-0.39, 0.29) is 16.7 Å². The topological polar surface area (TPSA) is 197 Å². The fraction of sp³-hybridized carbons (Fsp3) is 0.111. The first-order chi connectivity index (χ1) is 35.1. The third-order valence-electron chi connectivity index (χ3n) is 11.8. The Bertz CT molecular complexity index is 3600. The van der Waals surface area contributed by atoms with Crippen LogP contribution >= 0.6 is 0 Å². The number of benzene rings is 3. The van der Waals surface area contributed by atoms with Crippen LogP contribution in [0.3, 0.4) is 0 Å². The standard InChI is InChI=1S/3C18H15N5O/c1-22-11-15(8-21-22)14-4-2-13(3-5-14)10-23-12-20-17-9-19-7-6-16(17)18(23)24;1-22-11-15(9-21-22)14-6-4-13(5-7-14)10-23-12-20-16-3-2-8-19-17(16)18(23)24;1-22-11-15(9-21-22)14-6-4-13(5-7-14)10-23-12-20-17-16(18(23)24)3-2-8-19-17/h3*2-9,11-12H,10H2,1H3.